The second kappa shape index (κ2) is 5.13. The molecule has 0 amide bonds. The summed E-state index contributed by atoms with van der Waals surface area (Å²) in [6, 6.07) is 10.3. The predicted octanol–water partition coefficient (Wildman–Crippen LogP) is 3.92. The second-order valence-electron chi connectivity index (χ2n) is 3.29. The molecule has 0 saturated carbocycles. The van der Waals surface area contributed by atoms with Gasteiger partial charge in [0.1, 0.15) is 0 Å². The van der Waals surface area contributed by atoms with Crippen LogP contribution in [0.25, 0.3) is 0 Å². The second-order valence-corrected chi connectivity index (χ2v) is 4.56. The van der Waals surface area contributed by atoms with Crippen molar-refractivity contribution in [2.24, 2.45) is 5.92 Å². The van der Waals surface area contributed by atoms with E-state index in [2.05, 4.69) is 0 Å². The summed E-state index contributed by atoms with van der Waals surface area (Å²) in [5.74, 6) is -0.629. The Morgan fingerprint density at radius 1 is 1.40 bits per heavy atom. The highest BCUT2D eigenvalue weighted by atomic mass is 32.2. The van der Waals surface area contributed by atoms with Crippen LogP contribution >= 0.6 is 11.8 Å². The molecule has 1 atom stereocenters. The molecule has 0 radical (unpaired) electrons. The molecule has 15 heavy (non-hydrogen) atoms. The van der Waals surface area contributed by atoms with E-state index >= 15 is 0 Å². The zero-order valence-electron chi connectivity index (χ0n) is 8.28. The van der Waals surface area contributed by atoms with Gasteiger partial charge in [-0.15, -0.1) is 0 Å². The SMILES string of the molecule is CC(C#N)CC(F)(F)Sc1ccccc1. The van der Waals surface area contributed by atoms with Crippen LogP contribution in [0.15, 0.2) is 35.2 Å². The Bertz CT molecular complexity index is 345. The third kappa shape index (κ3) is 4.30. The fraction of sp³-hybridized carbons (Fsp3) is 0.364. The molecule has 80 valence electrons. The molecule has 0 spiro atoms. The minimum atomic E-state index is -2.88. The first kappa shape index (κ1) is 12.0. The van der Waals surface area contributed by atoms with E-state index in [1.165, 1.54) is 6.92 Å². The van der Waals surface area contributed by atoms with Crippen molar-refractivity contribution >= 4 is 11.8 Å². The number of thioether (sulfide) groups is 1. The Labute approximate surface area is 92.1 Å². The van der Waals surface area contributed by atoms with Gasteiger partial charge in [0.25, 0.3) is 5.25 Å². The number of nitriles is 1. The Kier molecular flexibility index (Phi) is 4.10. The molecule has 1 aromatic carbocycles. The fourth-order valence-corrected chi connectivity index (χ4v) is 2.08. The third-order valence-electron chi connectivity index (χ3n) is 1.77. The van der Waals surface area contributed by atoms with Gasteiger partial charge in [-0.1, -0.05) is 30.0 Å². The Hall–Kier alpha value is -1.08. The zero-order valence-corrected chi connectivity index (χ0v) is 9.10. The largest absolute Gasteiger partial charge is 0.299 e. The molecule has 0 aliphatic carbocycles. The number of alkyl halides is 2. The van der Waals surface area contributed by atoms with Crippen LogP contribution in [0.2, 0.25) is 0 Å². The average Bonchev–Trinajstić information content (AvgIpc) is 2.17. The van der Waals surface area contributed by atoms with Gasteiger partial charge in [0, 0.05) is 11.3 Å². The first-order valence-electron chi connectivity index (χ1n) is 4.55. The van der Waals surface area contributed by atoms with Gasteiger partial charge in [-0.25, -0.2) is 0 Å². The van der Waals surface area contributed by atoms with Crippen molar-refractivity contribution in [3.05, 3.63) is 30.3 Å². The number of hydrogen-bond acceptors (Lipinski definition) is 2. The average molecular weight is 227 g/mol. The molecule has 0 fully saturated rings. The molecule has 4 heteroatoms. The van der Waals surface area contributed by atoms with E-state index in [0.29, 0.717) is 16.7 Å². The Morgan fingerprint density at radius 2 is 2.00 bits per heavy atom. The molecular formula is C11H11F2NS. The van der Waals surface area contributed by atoms with Crippen molar-refractivity contribution in [2.75, 3.05) is 0 Å². The standard InChI is InChI=1S/C11H11F2NS/c1-9(8-14)7-11(12,13)15-10-5-3-2-4-6-10/h2-6,9H,7H2,1H3. The highest BCUT2D eigenvalue weighted by molar-refractivity contribution is 8.00. The lowest BCUT2D eigenvalue weighted by Crippen LogP contribution is -2.14. The molecule has 0 aliphatic rings. The maximum atomic E-state index is 13.4. The summed E-state index contributed by atoms with van der Waals surface area (Å²) in [5.41, 5.74) is 0. The van der Waals surface area contributed by atoms with E-state index in [9.17, 15) is 8.78 Å². The van der Waals surface area contributed by atoms with E-state index in [1.54, 1.807) is 30.3 Å². The Balaban J connectivity index is 2.61. The molecule has 1 rings (SSSR count). The topological polar surface area (TPSA) is 23.8 Å². The van der Waals surface area contributed by atoms with Crippen LogP contribution in [0, 0.1) is 17.2 Å². The fourth-order valence-electron chi connectivity index (χ4n) is 1.10. The van der Waals surface area contributed by atoms with Crippen LogP contribution in [0.3, 0.4) is 0 Å². The summed E-state index contributed by atoms with van der Waals surface area (Å²) in [4.78, 5) is 0.521. The summed E-state index contributed by atoms with van der Waals surface area (Å²) in [6.07, 6.45) is -0.414. The van der Waals surface area contributed by atoms with Gasteiger partial charge in [-0.3, -0.25) is 0 Å². The van der Waals surface area contributed by atoms with E-state index in [4.69, 9.17) is 5.26 Å². The smallest absolute Gasteiger partial charge is 0.198 e. The van der Waals surface area contributed by atoms with Gasteiger partial charge in [0.15, 0.2) is 0 Å². The van der Waals surface area contributed by atoms with E-state index in [0.717, 1.165) is 0 Å². The van der Waals surface area contributed by atoms with Crippen LogP contribution in [-0.2, 0) is 0 Å². The van der Waals surface area contributed by atoms with Gasteiger partial charge in [0.2, 0.25) is 0 Å². The van der Waals surface area contributed by atoms with Crippen LogP contribution in [0.5, 0.6) is 0 Å². The first-order valence-corrected chi connectivity index (χ1v) is 5.36. The predicted molar refractivity (Wildman–Crippen MR) is 56.6 cm³/mol. The summed E-state index contributed by atoms with van der Waals surface area (Å²) >= 11 is 0.505. The van der Waals surface area contributed by atoms with Crippen LogP contribution in [0.4, 0.5) is 8.78 Å². The van der Waals surface area contributed by atoms with Gasteiger partial charge >= 0.3 is 0 Å². The molecule has 1 aromatic rings. The van der Waals surface area contributed by atoms with Gasteiger partial charge in [-0.05, 0) is 19.1 Å². The van der Waals surface area contributed by atoms with E-state index in [-0.39, 0.29) is 0 Å². The van der Waals surface area contributed by atoms with Crippen molar-refractivity contribution in [2.45, 2.75) is 23.5 Å². The monoisotopic (exact) mass is 227 g/mol. The lowest BCUT2D eigenvalue weighted by Gasteiger charge is -2.16. The van der Waals surface area contributed by atoms with Crippen molar-refractivity contribution in [3.63, 3.8) is 0 Å². The summed E-state index contributed by atoms with van der Waals surface area (Å²) in [7, 11) is 0. The van der Waals surface area contributed by atoms with Crippen LogP contribution < -0.4 is 0 Å². The summed E-state index contributed by atoms with van der Waals surface area (Å²) < 4.78 is 26.7. The molecule has 1 unspecified atom stereocenters. The maximum Gasteiger partial charge on any atom is 0.299 e. The first-order chi connectivity index (χ1) is 7.03. The van der Waals surface area contributed by atoms with Crippen LogP contribution in [0.1, 0.15) is 13.3 Å². The third-order valence-corrected chi connectivity index (χ3v) is 2.75. The van der Waals surface area contributed by atoms with Gasteiger partial charge in [0.05, 0.1) is 12.0 Å². The number of rotatable bonds is 4. The molecular weight excluding hydrogens is 216 g/mol. The number of halogens is 2. The minimum Gasteiger partial charge on any atom is -0.198 e. The lowest BCUT2D eigenvalue weighted by atomic mass is 10.1. The van der Waals surface area contributed by atoms with E-state index < -0.39 is 17.6 Å². The van der Waals surface area contributed by atoms with E-state index in [1.807, 2.05) is 6.07 Å². The summed E-state index contributed by atoms with van der Waals surface area (Å²) in [5, 5.41) is 5.59. The lowest BCUT2D eigenvalue weighted by molar-refractivity contribution is 0.0857. The quantitative estimate of drug-likeness (QED) is 0.728. The normalized spacial score (nSPS) is 13.2. The zero-order chi connectivity index (χ0) is 11.3. The number of nitrogens with zero attached hydrogens (tertiary/aromatic N) is 1. The molecule has 0 aliphatic heterocycles. The van der Waals surface area contributed by atoms with Gasteiger partial charge < -0.3 is 0 Å². The number of hydrogen-bond donors (Lipinski definition) is 0. The molecule has 0 bridgehead atoms. The maximum absolute atomic E-state index is 13.4. The van der Waals surface area contributed by atoms with Crippen molar-refractivity contribution in [3.8, 4) is 6.07 Å². The highest BCUT2D eigenvalue weighted by Crippen LogP contribution is 2.40. The number of benzene rings is 1. The molecule has 0 N–H and O–H groups in total. The van der Waals surface area contributed by atoms with Crippen molar-refractivity contribution in [1.82, 2.24) is 0 Å². The molecule has 0 aromatic heterocycles. The van der Waals surface area contributed by atoms with Crippen LogP contribution in [-0.4, -0.2) is 5.25 Å². The molecule has 0 heterocycles. The molecule has 0 saturated heterocycles. The summed E-state index contributed by atoms with van der Waals surface area (Å²) in [6.45, 7) is 1.50. The van der Waals surface area contributed by atoms with Crippen molar-refractivity contribution in [1.29, 1.82) is 5.26 Å². The Morgan fingerprint density at radius 3 is 2.53 bits per heavy atom. The minimum absolute atomic E-state index is 0.414. The van der Waals surface area contributed by atoms with Crippen molar-refractivity contribution < 1.29 is 8.78 Å². The highest BCUT2D eigenvalue weighted by Gasteiger charge is 2.32. The van der Waals surface area contributed by atoms with Gasteiger partial charge in [-0.2, -0.15) is 14.0 Å². The molecule has 1 nitrogen and oxygen atoms in total.